The van der Waals surface area contributed by atoms with Crippen LogP contribution in [0, 0.1) is 13.8 Å². The van der Waals surface area contributed by atoms with E-state index in [2.05, 4.69) is 53.2 Å². The van der Waals surface area contributed by atoms with Crippen LogP contribution in [0.5, 0.6) is 0 Å². The van der Waals surface area contributed by atoms with Crippen LogP contribution in [0.4, 0.5) is 11.8 Å². The van der Waals surface area contributed by atoms with E-state index in [1.54, 1.807) is 6.20 Å². The molecule has 1 unspecified atom stereocenters. The molecular formula is C15H18BrN5. The zero-order valence-electron chi connectivity index (χ0n) is 12.2. The lowest BCUT2D eigenvalue weighted by Crippen LogP contribution is -2.27. The molecule has 110 valence electrons. The number of anilines is 2. The van der Waals surface area contributed by atoms with Crippen LogP contribution in [0.3, 0.4) is 0 Å². The summed E-state index contributed by atoms with van der Waals surface area (Å²) in [5.41, 5.74) is 2.00. The summed E-state index contributed by atoms with van der Waals surface area (Å²) in [6.45, 7) is 5.91. The van der Waals surface area contributed by atoms with Crippen LogP contribution in [0.2, 0.25) is 0 Å². The topological polar surface area (TPSA) is 53.9 Å². The second-order valence-corrected chi connectivity index (χ2v) is 6.19. The van der Waals surface area contributed by atoms with Crippen molar-refractivity contribution in [1.82, 2.24) is 15.0 Å². The Kier molecular flexibility index (Phi) is 4.05. The monoisotopic (exact) mass is 347 g/mol. The summed E-state index contributed by atoms with van der Waals surface area (Å²) in [4.78, 5) is 15.6. The minimum Gasteiger partial charge on any atom is -0.354 e. The second kappa shape index (κ2) is 5.97. The van der Waals surface area contributed by atoms with Crippen molar-refractivity contribution < 1.29 is 0 Å². The highest BCUT2D eigenvalue weighted by atomic mass is 79.9. The Balaban J connectivity index is 1.66. The highest BCUT2D eigenvalue weighted by Crippen LogP contribution is 2.23. The second-order valence-electron chi connectivity index (χ2n) is 5.33. The van der Waals surface area contributed by atoms with E-state index >= 15 is 0 Å². The van der Waals surface area contributed by atoms with Gasteiger partial charge in [-0.25, -0.2) is 15.0 Å². The first-order chi connectivity index (χ1) is 10.1. The SMILES string of the molecule is Cc1ccnc(NC2CCN(c3ccc(Br)c(C)n3)C2)n1. The van der Waals surface area contributed by atoms with Crippen molar-refractivity contribution in [2.24, 2.45) is 0 Å². The molecular weight excluding hydrogens is 330 g/mol. The lowest BCUT2D eigenvalue weighted by Gasteiger charge is -2.18. The van der Waals surface area contributed by atoms with Crippen LogP contribution in [0.25, 0.3) is 0 Å². The number of nitrogens with one attached hydrogen (secondary N) is 1. The van der Waals surface area contributed by atoms with Crippen molar-refractivity contribution in [3.8, 4) is 0 Å². The zero-order valence-corrected chi connectivity index (χ0v) is 13.8. The fourth-order valence-electron chi connectivity index (χ4n) is 2.49. The third-order valence-corrected chi connectivity index (χ3v) is 4.49. The standard InChI is InChI=1S/C15H18BrN5/c1-10-5-7-17-15(18-10)20-12-6-8-21(9-12)14-4-3-13(16)11(2)19-14/h3-5,7,12H,6,8-9H2,1-2H3,(H,17,18,20). The predicted octanol–water partition coefficient (Wildman–Crippen LogP) is 2.94. The van der Waals surface area contributed by atoms with Crippen LogP contribution >= 0.6 is 15.9 Å². The van der Waals surface area contributed by atoms with Crippen molar-refractivity contribution in [2.75, 3.05) is 23.3 Å². The zero-order chi connectivity index (χ0) is 14.8. The molecule has 2 aromatic rings. The molecule has 0 amide bonds. The van der Waals surface area contributed by atoms with Gasteiger partial charge in [0.15, 0.2) is 0 Å². The fraction of sp³-hybridized carbons (Fsp3) is 0.400. The smallest absolute Gasteiger partial charge is 0.223 e. The van der Waals surface area contributed by atoms with Gasteiger partial charge in [-0.2, -0.15) is 0 Å². The number of nitrogens with zero attached hydrogens (tertiary/aromatic N) is 4. The van der Waals surface area contributed by atoms with Crippen molar-refractivity contribution in [2.45, 2.75) is 26.3 Å². The maximum Gasteiger partial charge on any atom is 0.223 e. The molecule has 1 fully saturated rings. The Morgan fingerprint density at radius 3 is 2.86 bits per heavy atom. The van der Waals surface area contributed by atoms with Gasteiger partial charge in [0.1, 0.15) is 5.82 Å². The van der Waals surface area contributed by atoms with Gasteiger partial charge < -0.3 is 10.2 Å². The Morgan fingerprint density at radius 2 is 2.10 bits per heavy atom. The molecule has 1 N–H and O–H groups in total. The fourth-order valence-corrected chi connectivity index (χ4v) is 2.71. The average Bonchev–Trinajstić information content (AvgIpc) is 2.90. The van der Waals surface area contributed by atoms with E-state index < -0.39 is 0 Å². The molecule has 1 aliphatic rings. The van der Waals surface area contributed by atoms with Gasteiger partial charge in [-0.05, 0) is 54.4 Å². The van der Waals surface area contributed by atoms with Crippen molar-refractivity contribution in [3.63, 3.8) is 0 Å². The summed E-state index contributed by atoms with van der Waals surface area (Å²) in [5.74, 6) is 1.74. The summed E-state index contributed by atoms with van der Waals surface area (Å²) in [6.07, 6.45) is 2.85. The Labute approximate surface area is 133 Å². The maximum atomic E-state index is 4.63. The summed E-state index contributed by atoms with van der Waals surface area (Å²) in [7, 11) is 0. The van der Waals surface area contributed by atoms with Crippen LogP contribution in [0.1, 0.15) is 17.8 Å². The molecule has 5 nitrogen and oxygen atoms in total. The first kappa shape index (κ1) is 14.3. The number of hydrogen-bond donors (Lipinski definition) is 1. The van der Waals surface area contributed by atoms with Gasteiger partial charge in [0.2, 0.25) is 5.95 Å². The molecule has 3 rings (SSSR count). The van der Waals surface area contributed by atoms with Gasteiger partial charge in [-0.15, -0.1) is 0 Å². The molecule has 2 aromatic heterocycles. The van der Waals surface area contributed by atoms with E-state index in [0.29, 0.717) is 12.0 Å². The Bertz CT molecular complexity index is 646. The lowest BCUT2D eigenvalue weighted by atomic mass is 10.3. The van der Waals surface area contributed by atoms with Gasteiger partial charge >= 0.3 is 0 Å². The summed E-state index contributed by atoms with van der Waals surface area (Å²) < 4.78 is 1.05. The Morgan fingerprint density at radius 1 is 1.24 bits per heavy atom. The summed E-state index contributed by atoms with van der Waals surface area (Å²) in [5, 5.41) is 3.41. The Hall–Kier alpha value is -1.69. The molecule has 1 atom stereocenters. The average molecular weight is 348 g/mol. The molecule has 1 saturated heterocycles. The number of rotatable bonds is 3. The first-order valence-corrected chi connectivity index (χ1v) is 7.85. The largest absolute Gasteiger partial charge is 0.354 e. The normalized spacial score (nSPS) is 18.0. The minimum absolute atomic E-state index is 0.359. The number of aryl methyl sites for hydroxylation is 2. The molecule has 21 heavy (non-hydrogen) atoms. The molecule has 0 spiro atoms. The molecule has 0 aromatic carbocycles. The van der Waals surface area contributed by atoms with E-state index in [-0.39, 0.29) is 0 Å². The molecule has 1 aliphatic heterocycles. The van der Waals surface area contributed by atoms with E-state index in [1.165, 1.54) is 0 Å². The van der Waals surface area contributed by atoms with Crippen molar-refractivity contribution >= 4 is 27.7 Å². The third-order valence-electron chi connectivity index (χ3n) is 3.65. The molecule has 3 heterocycles. The minimum atomic E-state index is 0.359. The van der Waals surface area contributed by atoms with Crippen LogP contribution < -0.4 is 10.2 Å². The highest BCUT2D eigenvalue weighted by Gasteiger charge is 2.24. The van der Waals surface area contributed by atoms with E-state index in [1.807, 2.05) is 19.9 Å². The first-order valence-electron chi connectivity index (χ1n) is 7.06. The number of halogens is 1. The van der Waals surface area contributed by atoms with Gasteiger partial charge in [0.05, 0.1) is 5.69 Å². The van der Waals surface area contributed by atoms with Crippen molar-refractivity contribution in [1.29, 1.82) is 0 Å². The van der Waals surface area contributed by atoms with Gasteiger partial charge in [0, 0.05) is 35.5 Å². The van der Waals surface area contributed by atoms with Crippen molar-refractivity contribution in [3.05, 3.63) is 40.3 Å². The molecule has 0 saturated carbocycles. The van der Waals surface area contributed by atoms with Crippen LogP contribution in [0.15, 0.2) is 28.9 Å². The molecule has 6 heteroatoms. The summed E-state index contributed by atoms with van der Waals surface area (Å²) >= 11 is 3.49. The number of hydrogen-bond acceptors (Lipinski definition) is 5. The van der Waals surface area contributed by atoms with Crippen LogP contribution in [-0.4, -0.2) is 34.1 Å². The molecule has 0 bridgehead atoms. The molecule has 0 radical (unpaired) electrons. The van der Waals surface area contributed by atoms with Crippen LogP contribution in [-0.2, 0) is 0 Å². The van der Waals surface area contributed by atoms with E-state index in [4.69, 9.17) is 0 Å². The third kappa shape index (κ3) is 3.32. The molecule has 0 aliphatic carbocycles. The summed E-state index contributed by atoms with van der Waals surface area (Å²) in [6, 6.07) is 6.38. The van der Waals surface area contributed by atoms with Gasteiger partial charge in [0.25, 0.3) is 0 Å². The quantitative estimate of drug-likeness (QED) is 0.924. The number of pyridine rings is 1. The van der Waals surface area contributed by atoms with E-state index in [0.717, 1.165) is 41.2 Å². The predicted molar refractivity (Wildman–Crippen MR) is 87.7 cm³/mol. The van der Waals surface area contributed by atoms with Gasteiger partial charge in [-0.1, -0.05) is 0 Å². The maximum absolute atomic E-state index is 4.63. The van der Waals surface area contributed by atoms with E-state index in [9.17, 15) is 0 Å². The lowest BCUT2D eigenvalue weighted by molar-refractivity contribution is 0.789. The highest BCUT2D eigenvalue weighted by molar-refractivity contribution is 9.10. The van der Waals surface area contributed by atoms with Gasteiger partial charge in [-0.3, -0.25) is 0 Å². The number of aromatic nitrogens is 3.